The Labute approximate surface area is 148 Å². The summed E-state index contributed by atoms with van der Waals surface area (Å²) < 4.78 is 0. The molecule has 1 amide bonds. The first kappa shape index (κ1) is 18.3. The van der Waals surface area contributed by atoms with Crippen LogP contribution >= 0.6 is 11.8 Å². The maximum absolute atomic E-state index is 12.2. The third-order valence-corrected chi connectivity index (χ3v) is 4.13. The van der Waals surface area contributed by atoms with Gasteiger partial charge in [-0.05, 0) is 48.5 Å². The van der Waals surface area contributed by atoms with Gasteiger partial charge in [0.25, 0.3) is 5.91 Å². The Morgan fingerprint density at radius 2 is 1.68 bits per heavy atom. The lowest BCUT2D eigenvalue weighted by Gasteiger charge is -2.06. The minimum absolute atomic E-state index is 0.160. The molecule has 8 heteroatoms. The fraction of sp³-hybridized carbons (Fsp3) is 0.118. The summed E-state index contributed by atoms with van der Waals surface area (Å²) in [5.41, 5.74) is 1.16. The van der Waals surface area contributed by atoms with E-state index in [4.69, 9.17) is 10.5 Å². The van der Waals surface area contributed by atoms with E-state index in [0.717, 1.165) is 4.90 Å². The first-order valence-corrected chi connectivity index (χ1v) is 8.23. The van der Waals surface area contributed by atoms with Gasteiger partial charge >= 0.3 is 5.97 Å². The Morgan fingerprint density at radius 1 is 1.08 bits per heavy atom. The van der Waals surface area contributed by atoms with E-state index in [9.17, 15) is 9.59 Å². The lowest BCUT2D eigenvalue weighted by Crippen LogP contribution is -2.11. The predicted octanol–water partition coefficient (Wildman–Crippen LogP) is 3.79. The number of carboxylic acid groups (broad SMARTS) is 1. The Hall–Kier alpha value is -3.00. The molecule has 0 saturated carbocycles. The van der Waals surface area contributed by atoms with Gasteiger partial charge in [-0.1, -0.05) is 0 Å². The first-order chi connectivity index (χ1) is 12.0. The number of carbonyl (C=O) groups excluding carboxylic acids is 1. The zero-order valence-corrected chi connectivity index (χ0v) is 14.2. The van der Waals surface area contributed by atoms with Gasteiger partial charge in [0.2, 0.25) is 0 Å². The number of carboxylic acids is 1. The van der Waals surface area contributed by atoms with Crippen LogP contribution in [0.25, 0.3) is 0 Å². The average molecular weight is 356 g/mol. The van der Waals surface area contributed by atoms with Crippen LogP contribution in [0.15, 0.2) is 63.7 Å². The van der Waals surface area contributed by atoms with Crippen LogP contribution in [-0.4, -0.2) is 35.6 Å². The van der Waals surface area contributed by atoms with Crippen LogP contribution in [0, 0.1) is 5.41 Å². The molecule has 0 aromatic heterocycles. The van der Waals surface area contributed by atoms with E-state index in [1.807, 2.05) is 0 Å². The molecule has 0 fully saturated rings. The number of azo groups is 1. The molecule has 0 spiro atoms. The highest BCUT2D eigenvalue weighted by atomic mass is 32.2. The second-order valence-electron chi connectivity index (χ2n) is 4.90. The van der Waals surface area contributed by atoms with Crippen LogP contribution < -0.4 is 5.32 Å². The molecule has 0 aliphatic rings. The molecular weight excluding hydrogens is 340 g/mol. The summed E-state index contributed by atoms with van der Waals surface area (Å²) in [5, 5.41) is 26.3. The van der Waals surface area contributed by atoms with Crippen LogP contribution in [0.3, 0.4) is 0 Å². The van der Waals surface area contributed by atoms with Gasteiger partial charge in [-0.2, -0.15) is 5.11 Å². The van der Waals surface area contributed by atoms with E-state index >= 15 is 0 Å². The van der Waals surface area contributed by atoms with Gasteiger partial charge in [0.05, 0.1) is 11.3 Å². The van der Waals surface area contributed by atoms with Crippen LogP contribution in [-0.2, 0) is 0 Å². The molecule has 7 nitrogen and oxygen atoms in total. The minimum Gasteiger partial charge on any atom is -0.478 e. The standard InChI is InChI=1S/C17H16N4O3S/c1-19-21-15(18)10-25-14-8-4-11(5-9-14)16(22)20-13-6-2-12(3-7-13)17(23)24/h2-9,18H,10H2,1H3,(H,20,22)(H,23,24)/b18-15?,21-19-. The van der Waals surface area contributed by atoms with Crippen molar-refractivity contribution in [3.8, 4) is 0 Å². The van der Waals surface area contributed by atoms with Crippen LogP contribution in [0.2, 0.25) is 0 Å². The summed E-state index contributed by atoms with van der Waals surface area (Å²) in [6.07, 6.45) is 0. The molecule has 0 heterocycles. The Bertz CT molecular complexity index is 802. The molecule has 2 aromatic rings. The second-order valence-corrected chi connectivity index (χ2v) is 5.95. The predicted molar refractivity (Wildman–Crippen MR) is 97.0 cm³/mol. The summed E-state index contributed by atoms with van der Waals surface area (Å²) in [7, 11) is 1.52. The van der Waals surface area contributed by atoms with Crippen molar-refractivity contribution in [3.63, 3.8) is 0 Å². The number of hydrogen-bond donors (Lipinski definition) is 3. The number of nitrogens with zero attached hydrogens (tertiary/aromatic N) is 2. The largest absolute Gasteiger partial charge is 0.478 e. The number of amidine groups is 1. The van der Waals surface area contributed by atoms with Gasteiger partial charge in [0, 0.05) is 23.2 Å². The average Bonchev–Trinajstić information content (AvgIpc) is 2.61. The zero-order chi connectivity index (χ0) is 18.2. The van der Waals surface area contributed by atoms with Crippen molar-refractivity contribution in [1.29, 1.82) is 5.41 Å². The molecule has 0 aliphatic heterocycles. The fourth-order valence-electron chi connectivity index (χ4n) is 1.90. The summed E-state index contributed by atoms with van der Waals surface area (Å²) in [4.78, 5) is 23.9. The molecule has 0 atom stereocenters. The highest BCUT2D eigenvalue weighted by molar-refractivity contribution is 8.00. The third-order valence-electron chi connectivity index (χ3n) is 3.10. The summed E-state index contributed by atoms with van der Waals surface area (Å²) in [6.45, 7) is 0. The van der Waals surface area contributed by atoms with Gasteiger partial charge in [0.15, 0.2) is 5.84 Å². The normalized spacial score (nSPS) is 10.6. The van der Waals surface area contributed by atoms with Crippen molar-refractivity contribution in [2.75, 3.05) is 18.1 Å². The van der Waals surface area contributed by atoms with Crippen molar-refractivity contribution in [3.05, 3.63) is 59.7 Å². The number of carbonyl (C=O) groups is 2. The van der Waals surface area contributed by atoms with Crippen molar-refractivity contribution in [2.45, 2.75) is 4.90 Å². The molecule has 0 bridgehead atoms. The summed E-state index contributed by atoms with van der Waals surface area (Å²) in [6, 6.07) is 12.9. The van der Waals surface area contributed by atoms with E-state index in [1.165, 1.54) is 30.9 Å². The lowest BCUT2D eigenvalue weighted by molar-refractivity contribution is 0.0696. The number of benzene rings is 2. The van der Waals surface area contributed by atoms with Gasteiger partial charge in [-0.15, -0.1) is 16.9 Å². The molecule has 3 N–H and O–H groups in total. The fourth-order valence-corrected chi connectivity index (χ4v) is 2.59. The van der Waals surface area contributed by atoms with Crippen LogP contribution in [0.5, 0.6) is 0 Å². The van der Waals surface area contributed by atoms with Crippen LogP contribution in [0.4, 0.5) is 5.69 Å². The molecule has 25 heavy (non-hydrogen) atoms. The molecule has 0 saturated heterocycles. The number of hydrogen-bond acceptors (Lipinski definition) is 5. The van der Waals surface area contributed by atoms with E-state index in [-0.39, 0.29) is 17.3 Å². The van der Waals surface area contributed by atoms with E-state index < -0.39 is 5.97 Å². The maximum Gasteiger partial charge on any atom is 0.335 e. The molecular formula is C17H16N4O3S. The third kappa shape index (κ3) is 5.54. The Balaban J connectivity index is 1.95. The molecule has 0 unspecified atom stereocenters. The number of rotatable bonds is 6. The van der Waals surface area contributed by atoms with E-state index in [0.29, 0.717) is 17.0 Å². The Morgan fingerprint density at radius 3 is 2.24 bits per heavy atom. The summed E-state index contributed by atoms with van der Waals surface area (Å²) in [5.74, 6) is -0.718. The number of thioether (sulfide) groups is 1. The van der Waals surface area contributed by atoms with Gasteiger partial charge in [-0.3, -0.25) is 10.2 Å². The van der Waals surface area contributed by atoms with Crippen LogP contribution in [0.1, 0.15) is 20.7 Å². The van der Waals surface area contributed by atoms with Gasteiger partial charge in [-0.25, -0.2) is 4.79 Å². The minimum atomic E-state index is -1.01. The monoisotopic (exact) mass is 356 g/mol. The maximum atomic E-state index is 12.2. The lowest BCUT2D eigenvalue weighted by atomic mass is 10.2. The highest BCUT2D eigenvalue weighted by Gasteiger charge is 2.08. The molecule has 0 radical (unpaired) electrons. The van der Waals surface area contributed by atoms with E-state index in [1.54, 1.807) is 36.4 Å². The van der Waals surface area contributed by atoms with Crippen molar-refractivity contribution >= 4 is 35.2 Å². The molecule has 2 aromatic carbocycles. The zero-order valence-electron chi connectivity index (χ0n) is 13.4. The smallest absolute Gasteiger partial charge is 0.335 e. The first-order valence-electron chi connectivity index (χ1n) is 7.24. The number of aromatic carboxylic acids is 1. The van der Waals surface area contributed by atoms with Crippen molar-refractivity contribution in [2.24, 2.45) is 10.2 Å². The quantitative estimate of drug-likeness (QED) is 0.316. The molecule has 2 rings (SSSR count). The SMILES string of the molecule is C/N=N\C(=N)CSc1ccc(C(=O)Nc2ccc(C(=O)O)cc2)cc1. The second kappa shape index (κ2) is 8.74. The number of nitrogens with one attached hydrogen (secondary N) is 2. The number of anilines is 1. The van der Waals surface area contributed by atoms with Crippen molar-refractivity contribution < 1.29 is 14.7 Å². The highest BCUT2D eigenvalue weighted by Crippen LogP contribution is 2.19. The van der Waals surface area contributed by atoms with Gasteiger partial charge in [0.1, 0.15) is 0 Å². The van der Waals surface area contributed by atoms with Gasteiger partial charge < -0.3 is 10.4 Å². The molecule has 0 aliphatic carbocycles. The van der Waals surface area contributed by atoms with Crippen molar-refractivity contribution in [1.82, 2.24) is 0 Å². The van der Waals surface area contributed by atoms with E-state index in [2.05, 4.69) is 15.5 Å². The Kier molecular flexibility index (Phi) is 6.41. The topological polar surface area (TPSA) is 115 Å². The number of amides is 1. The molecule has 128 valence electrons. The summed E-state index contributed by atoms with van der Waals surface area (Å²) >= 11 is 1.43.